The summed E-state index contributed by atoms with van der Waals surface area (Å²) in [4.78, 5) is 41.7. The number of aryl methyl sites for hydroxylation is 1. The minimum absolute atomic E-state index is 0.236. The van der Waals surface area contributed by atoms with Gasteiger partial charge in [0.15, 0.2) is 0 Å². The summed E-state index contributed by atoms with van der Waals surface area (Å²) >= 11 is 0. The van der Waals surface area contributed by atoms with Crippen molar-refractivity contribution >= 4 is 17.9 Å². The average Bonchev–Trinajstić information content (AvgIpc) is 2.77. The molecule has 1 fully saturated rings. The van der Waals surface area contributed by atoms with Gasteiger partial charge in [0.2, 0.25) is 5.91 Å². The smallest absolute Gasteiger partial charge is 0.410 e. The Hall–Kier alpha value is -2.72. The molecule has 1 saturated heterocycles. The van der Waals surface area contributed by atoms with Crippen LogP contribution in [0.3, 0.4) is 0 Å². The Labute approximate surface area is 212 Å². The predicted molar refractivity (Wildman–Crippen MR) is 131 cm³/mol. The molecule has 0 spiro atoms. The van der Waals surface area contributed by atoms with Crippen molar-refractivity contribution in [1.29, 1.82) is 0 Å². The van der Waals surface area contributed by atoms with E-state index in [2.05, 4.69) is 0 Å². The first-order valence-electron chi connectivity index (χ1n) is 12.5. The number of hydrogen-bond acceptors (Lipinski definition) is 6. The minimum atomic E-state index is -0.971. The summed E-state index contributed by atoms with van der Waals surface area (Å²) in [6.45, 7) is 10.4. The van der Waals surface area contributed by atoms with E-state index in [0.717, 1.165) is 5.56 Å². The number of carbonyl (C=O) groups excluding carboxylic acids is 3. The third kappa shape index (κ3) is 9.39. The van der Waals surface area contributed by atoms with Crippen molar-refractivity contribution in [1.82, 2.24) is 15.0 Å². The number of carbonyl (C=O) groups is 3. The molecule has 0 aromatic heterocycles. The Kier molecular flexibility index (Phi) is 10.7. The third-order valence-electron chi connectivity index (χ3n) is 6.09. The molecule has 0 aliphatic carbocycles. The number of piperazine rings is 1. The van der Waals surface area contributed by atoms with Crippen LogP contribution in [-0.2, 0) is 20.7 Å². The largest absolute Gasteiger partial charge is 0.444 e. The fraction of sp³-hybridized carbons (Fsp3) is 0.654. The molecule has 2 rings (SSSR count). The van der Waals surface area contributed by atoms with E-state index in [9.17, 15) is 18.8 Å². The van der Waals surface area contributed by atoms with E-state index in [1.807, 2.05) is 13.8 Å². The summed E-state index contributed by atoms with van der Waals surface area (Å²) in [6.07, 6.45) is 1.40. The number of benzene rings is 1. The lowest BCUT2D eigenvalue weighted by molar-refractivity contribution is -0.285. The van der Waals surface area contributed by atoms with Crippen LogP contribution in [0.1, 0.15) is 65.9 Å². The zero-order chi connectivity index (χ0) is 27.0. The average molecular weight is 510 g/mol. The maximum absolute atomic E-state index is 13.5. The third-order valence-corrected chi connectivity index (χ3v) is 6.09. The first-order valence-corrected chi connectivity index (χ1v) is 12.5. The molecule has 2 N–H and O–H groups in total. The first kappa shape index (κ1) is 29.5. The van der Waals surface area contributed by atoms with Crippen molar-refractivity contribution < 1.29 is 33.9 Å². The molecule has 1 aliphatic rings. The monoisotopic (exact) mass is 509 g/mol. The van der Waals surface area contributed by atoms with Crippen molar-refractivity contribution in [2.45, 2.75) is 78.4 Å². The molecule has 36 heavy (non-hydrogen) atoms. The predicted octanol–water partition coefficient (Wildman–Crippen LogP) is 4.26. The van der Waals surface area contributed by atoms with Gasteiger partial charge in [-0.15, -0.1) is 0 Å². The number of ether oxygens (including phenoxy) is 1. The SMILES string of the molecule is CC(C)C[C@@H]1CN(C(=O)C(CCCc2ccc(F)cc2)CC(=O)N(O)O)CCN1C(=O)OC(C)(C)C. The highest BCUT2D eigenvalue weighted by atomic mass is 19.1. The molecule has 202 valence electrons. The molecule has 0 saturated carbocycles. The Morgan fingerprint density at radius 3 is 2.33 bits per heavy atom. The molecular formula is C26H40FN3O6. The molecule has 1 aromatic rings. The zero-order valence-electron chi connectivity index (χ0n) is 21.9. The standard InChI is InChI=1S/C26H40FN3O6/c1-18(2)15-22-17-28(13-14-29(22)25(33)36-26(3,4)5)24(32)20(16-23(31)30(34)35)8-6-7-19-9-11-21(27)12-10-19/h9-12,18,20,22,34-35H,6-8,13-17H2,1-5H3/t20?,22-/m1/s1. The molecular weight excluding hydrogens is 469 g/mol. The Morgan fingerprint density at radius 2 is 1.78 bits per heavy atom. The van der Waals surface area contributed by atoms with Crippen molar-refractivity contribution in [3.8, 4) is 0 Å². The summed E-state index contributed by atoms with van der Waals surface area (Å²) in [6, 6.07) is 5.85. The minimum Gasteiger partial charge on any atom is -0.444 e. The van der Waals surface area contributed by atoms with E-state index in [4.69, 9.17) is 15.2 Å². The number of halogens is 1. The van der Waals surface area contributed by atoms with Gasteiger partial charge in [-0.2, -0.15) is 0 Å². The number of hydrogen-bond donors (Lipinski definition) is 2. The van der Waals surface area contributed by atoms with E-state index in [-0.39, 0.29) is 36.6 Å². The molecule has 0 bridgehead atoms. The molecule has 0 radical (unpaired) electrons. The highest BCUT2D eigenvalue weighted by Gasteiger charge is 2.37. The van der Waals surface area contributed by atoms with Crippen LogP contribution >= 0.6 is 0 Å². The fourth-order valence-electron chi connectivity index (χ4n) is 4.43. The van der Waals surface area contributed by atoms with Gasteiger partial charge < -0.3 is 14.5 Å². The highest BCUT2D eigenvalue weighted by Crippen LogP contribution is 2.24. The van der Waals surface area contributed by atoms with Gasteiger partial charge in [-0.25, -0.2) is 9.18 Å². The van der Waals surface area contributed by atoms with Gasteiger partial charge >= 0.3 is 6.09 Å². The van der Waals surface area contributed by atoms with E-state index in [1.165, 1.54) is 12.1 Å². The van der Waals surface area contributed by atoms with Gasteiger partial charge in [0.05, 0.1) is 6.04 Å². The van der Waals surface area contributed by atoms with Gasteiger partial charge in [0.1, 0.15) is 11.4 Å². The van der Waals surface area contributed by atoms with E-state index >= 15 is 0 Å². The highest BCUT2D eigenvalue weighted by molar-refractivity contribution is 5.85. The Morgan fingerprint density at radius 1 is 1.14 bits per heavy atom. The van der Waals surface area contributed by atoms with Crippen LogP contribution in [-0.4, -0.2) is 74.6 Å². The number of amides is 3. The van der Waals surface area contributed by atoms with Crippen molar-refractivity contribution in [3.63, 3.8) is 0 Å². The topological polar surface area (TPSA) is 111 Å². The number of nitrogens with zero attached hydrogens (tertiary/aromatic N) is 3. The van der Waals surface area contributed by atoms with Crippen LogP contribution in [0.15, 0.2) is 24.3 Å². The van der Waals surface area contributed by atoms with Gasteiger partial charge in [-0.1, -0.05) is 31.2 Å². The van der Waals surface area contributed by atoms with Crippen molar-refractivity contribution in [2.24, 2.45) is 11.8 Å². The lowest BCUT2D eigenvalue weighted by Crippen LogP contribution is -2.58. The molecule has 1 aliphatic heterocycles. The van der Waals surface area contributed by atoms with E-state index < -0.39 is 28.7 Å². The maximum atomic E-state index is 13.5. The van der Waals surface area contributed by atoms with E-state index in [1.54, 1.807) is 42.7 Å². The Bertz CT molecular complexity index is 885. The summed E-state index contributed by atoms with van der Waals surface area (Å²) < 4.78 is 18.7. The number of hydroxylamine groups is 2. The summed E-state index contributed by atoms with van der Waals surface area (Å²) in [5.74, 6) is -2.04. The van der Waals surface area contributed by atoms with Gasteiger partial charge in [0.25, 0.3) is 5.91 Å². The Balaban J connectivity index is 2.11. The first-order chi connectivity index (χ1) is 16.8. The van der Waals surface area contributed by atoms with Crippen LogP contribution in [0, 0.1) is 17.7 Å². The lowest BCUT2D eigenvalue weighted by atomic mass is 9.93. The lowest BCUT2D eigenvalue weighted by Gasteiger charge is -2.43. The zero-order valence-corrected chi connectivity index (χ0v) is 21.9. The van der Waals surface area contributed by atoms with Crippen LogP contribution in [0.25, 0.3) is 0 Å². The van der Waals surface area contributed by atoms with Crippen LogP contribution in [0.2, 0.25) is 0 Å². The molecule has 9 nitrogen and oxygen atoms in total. The normalized spacial score (nSPS) is 17.2. The van der Waals surface area contributed by atoms with Gasteiger partial charge in [-0.3, -0.25) is 20.0 Å². The summed E-state index contributed by atoms with van der Waals surface area (Å²) in [5.41, 5.74) is 0.269. The molecule has 2 atom stereocenters. The quantitative estimate of drug-likeness (QED) is 0.380. The second-order valence-corrected chi connectivity index (χ2v) is 10.8. The van der Waals surface area contributed by atoms with Crippen LogP contribution < -0.4 is 0 Å². The molecule has 1 aromatic carbocycles. The van der Waals surface area contributed by atoms with Crippen LogP contribution in [0.4, 0.5) is 9.18 Å². The molecule has 1 heterocycles. The second kappa shape index (κ2) is 13.0. The van der Waals surface area contributed by atoms with Crippen molar-refractivity contribution in [3.05, 3.63) is 35.6 Å². The van der Waals surface area contributed by atoms with Crippen LogP contribution in [0.5, 0.6) is 0 Å². The fourth-order valence-corrected chi connectivity index (χ4v) is 4.43. The maximum Gasteiger partial charge on any atom is 0.410 e. The molecule has 3 amide bonds. The summed E-state index contributed by atoms with van der Waals surface area (Å²) in [5, 5.41) is 17.8. The van der Waals surface area contributed by atoms with Crippen molar-refractivity contribution in [2.75, 3.05) is 19.6 Å². The molecule has 1 unspecified atom stereocenters. The second-order valence-electron chi connectivity index (χ2n) is 10.8. The molecule has 10 heteroatoms. The van der Waals surface area contributed by atoms with Gasteiger partial charge in [-0.05, 0) is 70.1 Å². The van der Waals surface area contributed by atoms with E-state index in [0.29, 0.717) is 38.8 Å². The summed E-state index contributed by atoms with van der Waals surface area (Å²) in [7, 11) is 0. The number of rotatable bonds is 9. The van der Waals surface area contributed by atoms with Gasteiger partial charge in [0, 0.05) is 32.0 Å².